The predicted octanol–water partition coefficient (Wildman–Crippen LogP) is 4.72. The Morgan fingerprint density at radius 3 is 1.76 bits per heavy atom. The van der Waals surface area contributed by atoms with Gasteiger partial charge in [0, 0.05) is 12.5 Å². The molecule has 0 heterocycles. The molecule has 6 heteroatoms. The summed E-state index contributed by atoms with van der Waals surface area (Å²) in [6.07, 6.45) is 16.4. The Kier molecular flexibility index (Phi) is 15.2. The van der Waals surface area contributed by atoms with Gasteiger partial charge in [-0.3, -0.25) is 9.35 Å². The van der Waals surface area contributed by atoms with Gasteiger partial charge in [-0.25, -0.2) is 0 Å². The van der Waals surface area contributed by atoms with Crippen molar-refractivity contribution in [1.29, 1.82) is 0 Å². The van der Waals surface area contributed by atoms with Crippen molar-refractivity contribution in [3.63, 3.8) is 0 Å². The van der Waals surface area contributed by atoms with Crippen LogP contribution in [0.5, 0.6) is 0 Å². The molecule has 150 valence electrons. The first kappa shape index (κ1) is 24.4. The number of carbonyl (C=O) groups is 1. The SMILES string of the molecule is CCCCCCCCCCCCCCC(C)C(=O)NCCS(=O)(=O)O. The predicted molar refractivity (Wildman–Crippen MR) is 104 cm³/mol. The Bertz CT molecular complexity index is 423. The smallest absolute Gasteiger partial charge is 0.266 e. The number of amides is 1. The molecular formula is C19H39NO4S. The van der Waals surface area contributed by atoms with Gasteiger partial charge in [0.15, 0.2) is 0 Å². The van der Waals surface area contributed by atoms with Crippen LogP contribution in [0.3, 0.4) is 0 Å². The van der Waals surface area contributed by atoms with Crippen LogP contribution in [0.25, 0.3) is 0 Å². The highest BCUT2D eigenvalue weighted by Crippen LogP contribution is 2.14. The third-order valence-electron chi connectivity index (χ3n) is 4.60. The molecule has 0 aliphatic carbocycles. The molecule has 2 N–H and O–H groups in total. The zero-order valence-electron chi connectivity index (χ0n) is 16.3. The third kappa shape index (κ3) is 18.0. The number of rotatable bonds is 17. The number of unbranched alkanes of at least 4 members (excludes halogenated alkanes) is 11. The first-order valence-electron chi connectivity index (χ1n) is 10.1. The van der Waals surface area contributed by atoms with Gasteiger partial charge in [0.1, 0.15) is 0 Å². The van der Waals surface area contributed by atoms with Gasteiger partial charge in [-0.15, -0.1) is 0 Å². The minimum absolute atomic E-state index is 0.0273. The molecule has 1 amide bonds. The summed E-state index contributed by atoms with van der Waals surface area (Å²) in [5.74, 6) is -0.666. The molecular weight excluding hydrogens is 338 g/mol. The summed E-state index contributed by atoms with van der Waals surface area (Å²) < 4.78 is 29.8. The largest absolute Gasteiger partial charge is 0.355 e. The molecule has 1 unspecified atom stereocenters. The fourth-order valence-corrected chi connectivity index (χ4v) is 3.26. The molecule has 0 spiro atoms. The van der Waals surface area contributed by atoms with Crippen LogP contribution < -0.4 is 5.32 Å². The Morgan fingerprint density at radius 2 is 1.32 bits per heavy atom. The second kappa shape index (κ2) is 15.6. The lowest BCUT2D eigenvalue weighted by Gasteiger charge is -2.11. The number of hydrogen-bond acceptors (Lipinski definition) is 3. The van der Waals surface area contributed by atoms with Crippen LogP contribution in [0.4, 0.5) is 0 Å². The molecule has 0 radical (unpaired) electrons. The van der Waals surface area contributed by atoms with Gasteiger partial charge in [0.25, 0.3) is 10.1 Å². The summed E-state index contributed by atoms with van der Waals surface area (Å²) in [7, 11) is -4.00. The molecule has 0 aliphatic rings. The lowest BCUT2D eigenvalue weighted by molar-refractivity contribution is -0.124. The van der Waals surface area contributed by atoms with Gasteiger partial charge in [0.2, 0.25) is 5.91 Å². The van der Waals surface area contributed by atoms with Crippen LogP contribution in [0.2, 0.25) is 0 Å². The molecule has 25 heavy (non-hydrogen) atoms. The summed E-state index contributed by atoms with van der Waals surface area (Å²) in [5.41, 5.74) is 0. The quantitative estimate of drug-likeness (QED) is 0.284. The highest BCUT2D eigenvalue weighted by Gasteiger charge is 2.13. The van der Waals surface area contributed by atoms with Crippen molar-refractivity contribution in [3.8, 4) is 0 Å². The van der Waals surface area contributed by atoms with Crippen molar-refractivity contribution in [1.82, 2.24) is 5.32 Å². The van der Waals surface area contributed by atoms with Crippen molar-refractivity contribution in [3.05, 3.63) is 0 Å². The van der Waals surface area contributed by atoms with Crippen molar-refractivity contribution >= 4 is 16.0 Å². The maximum Gasteiger partial charge on any atom is 0.266 e. The van der Waals surface area contributed by atoms with E-state index in [9.17, 15) is 13.2 Å². The van der Waals surface area contributed by atoms with Crippen LogP contribution in [0, 0.1) is 5.92 Å². The fourth-order valence-electron chi connectivity index (χ4n) is 2.90. The fraction of sp³-hybridized carbons (Fsp3) is 0.947. The average molecular weight is 378 g/mol. The Balaban J connectivity index is 3.39. The lowest BCUT2D eigenvalue weighted by atomic mass is 10.0. The zero-order valence-corrected chi connectivity index (χ0v) is 17.1. The normalized spacial score (nSPS) is 12.9. The zero-order chi connectivity index (χ0) is 19.0. The van der Waals surface area contributed by atoms with E-state index >= 15 is 0 Å². The number of carbonyl (C=O) groups excluding carboxylic acids is 1. The minimum atomic E-state index is -4.00. The van der Waals surface area contributed by atoms with Gasteiger partial charge in [-0.05, 0) is 6.42 Å². The molecule has 5 nitrogen and oxygen atoms in total. The molecule has 0 aromatic rings. The third-order valence-corrected chi connectivity index (χ3v) is 5.32. The van der Waals surface area contributed by atoms with E-state index in [0.29, 0.717) is 0 Å². The second-order valence-corrected chi connectivity index (χ2v) is 8.73. The summed E-state index contributed by atoms with van der Waals surface area (Å²) >= 11 is 0. The molecule has 1 atom stereocenters. The molecule has 0 bridgehead atoms. The van der Waals surface area contributed by atoms with Crippen molar-refractivity contribution in [2.45, 2.75) is 97.3 Å². The summed E-state index contributed by atoms with van der Waals surface area (Å²) in [4.78, 5) is 11.8. The topological polar surface area (TPSA) is 83.5 Å². The highest BCUT2D eigenvalue weighted by molar-refractivity contribution is 7.85. The highest BCUT2D eigenvalue weighted by atomic mass is 32.2. The number of hydrogen-bond donors (Lipinski definition) is 2. The molecule has 0 saturated carbocycles. The van der Waals surface area contributed by atoms with Crippen LogP contribution in [0.15, 0.2) is 0 Å². The molecule has 0 aliphatic heterocycles. The van der Waals surface area contributed by atoms with Gasteiger partial charge >= 0.3 is 0 Å². The lowest BCUT2D eigenvalue weighted by Crippen LogP contribution is -2.33. The van der Waals surface area contributed by atoms with E-state index in [0.717, 1.165) is 19.3 Å². The Hall–Kier alpha value is -0.620. The van der Waals surface area contributed by atoms with Crippen LogP contribution in [0.1, 0.15) is 97.3 Å². The van der Waals surface area contributed by atoms with Crippen LogP contribution in [-0.4, -0.2) is 31.2 Å². The molecule has 0 aromatic heterocycles. The summed E-state index contributed by atoms with van der Waals surface area (Å²) in [6, 6.07) is 0. The maximum absolute atomic E-state index is 11.8. The van der Waals surface area contributed by atoms with Gasteiger partial charge in [-0.2, -0.15) is 8.42 Å². The maximum atomic E-state index is 11.8. The standard InChI is InChI=1S/C19H39NO4S/c1-3-4-5-6-7-8-9-10-11-12-13-14-15-18(2)19(21)20-16-17-25(22,23)24/h18H,3-17H2,1-2H3,(H,20,21)(H,22,23,24). The summed E-state index contributed by atoms with van der Waals surface area (Å²) in [6.45, 7) is 4.08. The minimum Gasteiger partial charge on any atom is -0.355 e. The van der Waals surface area contributed by atoms with E-state index in [4.69, 9.17) is 4.55 Å². The van der Waals surface area contributed by atoms with Crippen molar-refractivity contribution in [2.75, 3.05) is 12.3 Å². The Labute approximate surface area is 155 Å². The monoisotopic (exact) mass is 377 g/mol. The molecule has 0 rings (SSSR count). The van der Waals surface area contributed by atoms with Crippen LogP contribution >= 0.6 is 0 Å². The Morgan fingerprint density at radius 1 is 0.880 bits per heavy atom. The number of nitrogens with one attached hydrogen (secondary N) is 1. The van der Waals surface area contributed by atoms with E-state index in [2.05, 4.69) is 12.2 Å². The van der Waals surface area contributed by atoms with Crippen molar-refractivity contribution in [2.24, 2.45) is 5.92 Å². The second-order valence-electron chi connectivity index (χ2n) is 7.16. The molecule has 0 aromatic carbocycles. The van der Waals surface area contributed by atoms with E-state index < -0.39 is 15.9 Å². The van der Waals surface area contributed by atoms with E-state index in [1.807, 2.05) is 6.92 Å². The van der Waals surface area contributed by atoms with Gasteiger partial charge < -0.3 is 5.32 Å². The average Bonchev–Trinajstić information content (AvgIpc) is 2.54. The van der Waals surface area contributed by atoms with Crippen molar-refractivity contribution < 1.29 is 17.8 Å². The van der Waals surface area contributed by atoms with E-state index in [-0.39, 0.29) is 18.4 Å². The van der Waals surface area contributed by atoms with Gasteiger partial charge in [0.05, 0.1) is 5.75 Å². The first-order valence-corrected chi connectivity index (χ1v) is 11.7. The van der Waals surface area contributed by atoms with E-state index in [1.165, 1.54) is 64.2 Å². The van der Waals surface area contributed by atoms with E-state index in [1.54, 1.807) is 0 Å². The first-order chi connectivity index (χ1) is 11.9. The van der Waals surface area contributed by atoms with Gasteiger partial charge in [-0.1, -0.05) is 90.9 Å². The summed E-state index contributed by atoms with van der Waals surface area (Å²) in [5, 5.41) is 2.55. The molecule has 0 fully saturated rings. The van der Waals surface area contributed by atoms with Crippen LogP contribution in [-0.2, 0) is 14.9 Å². The molecule has 0 saturated heterocycles.